The molecule has 0 spiro atoms. The molecule has 4 heterocycles. The highest BCUT2D eigenvalue weighted by molar-refractivity contribution is 7.98. The Kier molecular flexibility index (Phi) is 3.44. The number of hydrogen-bond donors (Lipinski definition) is 0. The van der Waals surface area contributed by atoms with Gasteiger partial charge >= 0.3 is 0 Å². The predicted molar refractivity (Wildman–Crippen MR) is 91.1 cm³/mol. The van der Waals surface area contributed by atoms with Crippen LogP contribution in [0, 0.1) is 6.92 Å². The van der Waals surface area contributed by atoms with Crippen LogP contribution in [0.1, 0.15) is 11.4 Å². The Bertz CT molecular complexity index is 1030. The van der Waals surface area contributed by atoms with E-state index in [1.165, 1.54) is 11.3 Å². The minimum absolute atomic E-state index is 0.0253. The Morgan fingerprint density at radius 1 is 1.32 bits per heavy atom. The third-order valence-corrected chi connectivity index (χ3v) is 6.01. The zero-order valence-corrected chi connectivity index (χ0v) is 14.0. The second-order valence-electron chi connectivity index (χ2n) is 4.69. The highest BCUT2D eigenvalue weighted by atomic mass is 32.2. The summed E-state index contributed by atoms with van der Waals surface area (Å²) < 4.78 is 1.64. The van der Waals surface area contributed by atoms with Crippen LogP contribution in [0.5, 0.6) is 0 Å². The van der Waals surface area contributed by atoms with E-state index in [4.69, 9.17) is 0 Å². The Balaban J connectivity index is 1.67. The van der Waals surface area contributed by atoms with Crippen LogP contribution in [0.25, 0.3) is 15.2 Å². The lowest BCUT2D eigenvalue weighted by molar-refractivity contribution is 0.996. The van der Waals surface area contributed by atoms with Gasteiger partial charge in [-0.05, 0) is 18.4 Å². The maximum atomic E-state index is 12.2. The van der Waals surface area contributed by atoms with Crippen LogP contribution < -0.4 is 5.56 Å². The molecular weight excluding hydrogens is 336 g/mol. The summed E-state index contributed by atoms with van der Waals surface area (Å²) in [7, 11) is 0. The summed E-state index contributed by atoms with van der Waals surface area (Å²) in [6.07, 6.45) is 1.58. The smallest absolute Gasteiger partial charge is 0.258 e. The van der Waals surface area contributed by atoms with Gasteiger partial charge in [0, 0.05) is 28.3 Å². The van der Waals surface area contributed by atoms with Gasteiger partial charge in [0.1, 0.15) is 16.2 Å². The number of hydrogen-bond acceptors (Lipinski definition) is 7. The summed E-state index contributed by atoms with van der Waals surface area (Å²) >= 11 is 4.67. The summed E-state index contributed by atoms with van der Waals surface area (Å²) in [6, 6.07) is 3.63. The maximum absolute atomic E-state index is 12.2. The maximum Gasteiger partial charge on any atom is 0.258 e. The molecule has 4 aromatic rings. The average molecular weight is 346 g/mol. The molecule has 22 heavy (non-hydrogen) atoms. The Morgan fingerprint density at radius 3 is 3.14 bits per heavy atom. The molecule has 0 aliphatic carbocycles. The molecule has 4 rings (SSSR count). The molecule has 0 fully saturated rings. The molecule has 110 valence electrons. The lowest BCUT2D eigenvalue weighted by Crippen LogP contribution is -2.14. The minimum atomic E-state index is -0.0253. The number of nitrogens with zero attached hydrogens (tertiary/aromatic N) is 4. The monoisotopic (exact) mass is 346 g/mol. The molecule has 0 atom stereocenters. The molecule has 4 aromatic heterocycles. The van der Waals surface area contributed by atoms with Crippen molar-refractivity contribution in [1.82, 2.24) is 19.4 Å². The van der Waals surface area contributed by atoms with E-state index in [0.29, 0.717) is 5.75 Å². The van der Waals surface area contributed by atoms with Crippen LogP contribution >= 0.6 is 34.4 Å². The second kappa shape index (κ2) is 5.45. The van der Waals surface area contributed by atoms with Crippen LogP contribution in [-0.2, 0) is 5.75 Å². The van der Waals surface area contributed by atoms with E-state index < -0.39 is 0 Å². The van der Waals surface area contributed by atoms with Crippen molar-refractivity contribution in [2.75, 3.05) is 0 Å². The van der Waals surface area contributed by atoms with Crippen molar-refractivity contribution in [3.05, 3.63) is 51.0 Å². The molecule has 0 saturated carbocycles. The number of aromatic nitrogens is 4. The molecule has 0 aliphatic rings. The molecule has 0 unspecified atom stereocenters. The number of rotatable bonds is 3. The van der Waals surface area contributed by atoms with E-state index in [9.17, 15) is 4.79 Å². The molecule has 0 bridgehead atoms. The average Bonchev–Trinajstić information content (AvgIpc) is 3.12. The highest BCUT2D eigenvalue weighted by Crippen LogP contribution is 2.29. The van der Waals surface area contributed by atoms with Gasteiger partial charge in [-0.3, -0.25) is 9.20 Å². The summed E-state index contributed by atoms with van der Waals surface area (Å²) in [5, 5.41) is 5.94. The Morgan fingerprint density at radius 2 is 2.23 bits per heavy atom. The fraction of sp³-hybridized carbons (Fsp3) is 0.143. The van der Waals surface area contributed by atoms with E-state index in [1.807, 2.05) is 23.8 Å². The van der Waals surface area contributed by atoms with Crippen LogP contribution in [0.15, 0.2) is 39.0 Å². The van der Waals surface area contributed by atoms with Crippen molar-refractivity contribution >= 4 is 49.6 Å². The van der Waals surface area contributed by atoms with E-state index in [0.717, 1.165) is 31.6 Å². The van der Waals surface area contributed by atoms with Gasteiger partial charge in [-0.2, -0.15) is 0 Å². The van der Waals surface area contributed by atoms with Gasteiger partial charge in [0.05, 0.1) is 5.69 Å². The van der Waals surface area contributed by atoms with Crippen LogP contribution in [0.2, 0.25) is 0 Å². The molecule has 0 aliphatic heterocycles. The Labute approximate surface area is 137 Å². The zero-order chi connectivity index (χ0) is 15.1. The molecule has 0 N–H and O–H groups in total. The predicted octanol–water partition coefficient (Wildman–Crippen LogP) is 3.36. The highest BCUT2D eigenvalue weighted by Gasteiger charge is 2.09. The second-order valence-corrected chi connectivity index (χ2v) is 7.38. The van der Waals surface area contributed by atoms with Gasteiger partial charge in [-0.15, -0.1) is 22.7 Å². The SMILES string of the molecule is Cc1csc2nc(CSc3ncnc4sccc34)cc(=O)n12. The van der Waals surface area contributed by atoms with Gasteiger partial charge in [0.15, 0.2) is 4.96 Å². The standard InChI is InChI=1S/C14H10N4OS3/c1-8-5-22-14-17-9(4-11(19)18(8)14)6-21-13-10-2-3-20-12(10)15-7-16-13/h2-5,7H,6H2,1H3. The van der Waals surface area contributed by atoms with E-state index in [1.54, 1.807) is 39.9 Å². The third kappa shape index (κ3) is 2.33. The summed E-state index contributed by atoms with van der Waals surface area (Å²) in [4.78, 5) is 27.0. The van der Waals surface area contributed by atoms with Crippen molar-refractivity contribution in [2.45, 2.75) is 17.7 Å². The van der Waals surface area contributed by atoms with Crippen molar-refractivity contribution in [2.24, 2.45) is 0 Å². The lowest BCUT2D eigenvalue weighted by atomic mass is 10.4. The number of thiazole rings is 1. The summed E-state index contributed by atoms with van der Waals surface area (Å²) in [6.45, 7) is 1.91. The van der Waals surface area contributed by atoms with Gasteiger partial charge in [-0.1, -0.05) is 11.8 Å². The first-order valence-electron chi connectivity index (χ1n) is 6.50. The van der Waals surface area contributed by atoms with Crippen molar-refractivity contribution < 1.29 is 0 Å². The zero-order valence-electron chi connectivity index (χ0n) is 11.5. The number of thioether (sulfide) groups is 1. The molecular formula is C14H10N4OS3. The number of thiophene rings is 1. The molecule has 0 aromatic carbocycles. The van der Waals surface area contributed by atoms with Crippen LogP contribution in [-0.4, -0.2) is 19.4 Å². The number of aryl methyl sites for hydroxylation is 1. The number of fused-ring (bicyclic) bond motifs is 2. The van der Waals surface area contributed by atoms with E-state index in [2.05, 4.69) is 15.0 Å². The molecule has 0 radical (unpaired) electrons. The van der Waals surface area contributed by atoms with E-state index in [-0.39, 0.29) is 5.56 Å². The van der Waals surface area contributed by atoms with Gasteiger partial charge in [-0.25, -0.2) is 15.0 Å². The molecule has 0 amide bonds. The lowest BCUT2D eigenvalue weighted by Gasteiger charge is -2.02. The first-order valence-corrected chi connectivity index (χ1v) is 9.24. The molecule has 0 saturated heterocycles. The molecule has 5 nitrogen and oxygen atoms in total. The van der Waals surface area contributed by atoms with Gasteiger partial charge in [0.2, 0.25) is 0 Å². The largest absolute Gasteiger partial charge is 0.269 e. The Hall–Kier alpha value is -1.77. The first kappa shape index (κ1) is 13.9. The minimum Gasteiger partial charge on any atom is -0.269 e. The molecule has 8 heteroatoms. The van der Waals surface area contributed by atoms with Crippen LogP contribution in [0.3, 0.4) is 0 Å². The fourth-order valence-electron chi connectivity index (χ4n) is 2.20. The van der Waals surface area contributed by atoms with Crippen molar-refractivity contribution in [3.8, 4) is 0 Å². The normalized spacial score (nSPS) is 11.5. The first-order chi connectivity index (χ1) is 10.7. The topological polar surface area (TPSA) is 60.2 Å². The summed E-state index contributed by atoms with van der Waals surface area (Å²) in [5.74, 6) is 0.616. The van der Waals surface area contributed by atoms with Crippen molar-refractivity contribution in [3.63, 3.8) is 0 Å². The van der Waals surface area contributed by atoms with E-state index >= 15 is 0 Å². The quantitative estimate of drug-likeness (QED) is 0.420. The van der Waals surface area contributed by atoms with Gasteiger partial charge < -0.3 is 0 Å². The van der Waals surface area contributed by atoms with Crippen molar-refractivity contribution in [1.29, 1.82) is 0 Å². The third-order valence-electron chi connectivity index (χ3n) is 3.21. The fourth-order valence-corrected chi connectivity index (χ4v) is 4.76. The van der Waals surface area contributed by atoms with Crippen LogP contribution in [0.4, 0.5) is 0 Å². The van der Waals surface area contributed by atoms with Gasteiger partial charge in [0.25, 0.3) is 5.56 Å². The summed E-state index contributed by atoms with van der Waals surface area (Å²) in [5.41, 5.74) is 1.68.